The molecule has 2 amide bonds. The topological polar surface area (TPSA) is 70.9 Å². The lowest BCUT2D eigenvalue weighted by molar-refractivity contribution is 0.259. The van der Waals surface area contributed by atoms with Gasteiger partial charge in [-0.15, -0.1) is 0 Å². The molecule has 5 heteroatoms. The Bertz CT molecular complexity index is 1300. The molecule has 4 nitrogen and oxygen atoms in total. The molecule has 0 bridgehead atoms. The fraction of sp³-hybridized carbons (Fsp3) is 0.192. The van der Waals surface area contributed by atoms with Gasteiger partial charge in [0.25, 0.3) is 0 Å². The number of rotatable bonds is 5. The molecule has 0 saturated heterocycles. The standard InChI is InChI=1S/C26H24FN3O/c1-2-3-4-15-5-7-16(8-6-15)19-11-12-21-22-14-17-13-18(29-26(28)31)9-10-20(17)24(22)30-25(21)23(19)27/h5-13,30H,2-4,14H2,1H3,(H3,28,29,31). The van der Waals surface area contributed by atoms with Crippen LogP contribution in [-0.4, -0.2) is 11.0 Å². The zero-order valence-corrected chi connectivity index (χ0v) is 17.4. The Morgan fingerprint density at radius 2 is 1.87 bits per heavy atom. The van der Waals surface area contributed by atoms with Crippen molar-refractivity contribution in [2.75, 3.05) is 5.32 Å². The smallest absolute Gasteiger partial charge is 0.316 e. The molecule has 0 atom stereocenters. The van der Waals surface area contributed by atoms with Gasteiger partial charge in [0.15, 0.2) is 5.82 Å². The number of halogens is 1. The first-order valence-electron chi connectivity index (χ1n) is 10.7. The lowest BCUT2D eigenvalue weighted by Crippen LogP contribution is -2.19. The summed E-state index contributed by atoms with van der Waals surface area (Å²) >= 11 is 0. The van der Waals surface area contributed by atoms with Crippen molar-refractivity contribution in [3.63, 3.8) is 0 Å². The zero-order chi connectivity index (χ0) is 21.5. The van der Waals surface area contributed by atoms with Crippen LogP contribution in [0, 0.1) is 5.82 Å². The fourth-order valence-electron chi connectivity index (χ4n) is 4.55. The van der Waals surface area contributed by atoms with Gasteiger partial charge in [0.2, 0.25) is 0 Å². The number of nitrogens with two attached hydrogens (primary N) is 1. The summed E-state index contributed by atoms with van der Waals surface area (Å²) < 4.78 is 15.5. The second-order valence-corrected chi connectivity index (χ2v) is 8.17. The first kappa shape index (κ1) is 19.4. The highest BCUT2D eigenvalue weighted by molar-refractivity contribution is 5.97. The van der Waals surface area contributed by atoms with Gasteiger partial charge >= 0.3 is 6.03 Å². The maximum Gasteiger partial charge on any atom is 0.316 e. The van der Waals surface area contributed by atoms with Gasteiger partial charge in [-0.1, -0.05) is 55.8 Å². The molecule has 0 radical (unpaired) electrons. The Labute approximate surface area is 180 Å². The van der Waals surface area contributed by atoms with Crippen LogP contribution in [0.25, 0.3) is 33.3 Å². The molecule has 1 heterocycles. The summed E-state index contributed by atoms with van der Waals surface area (Å²) in [4.78, 5) is 14.4. The number of carbonyl (C=O) groups is 1. The predicted octanol–water partition coefficient (Wildman–Crippen LogP) is 6.38. The minimum Gasteiger partial charge on any atom is -0.352 e. The van der Waals surface area contributed by atoms with E-state index in [9.17, 15) is 4.79 Å². The minimum absolute atomic E-state index is 0.221. The molecule has 0 unspecified atom stereocenters. The van der Waals surface area contributed by atoms with Gasteiger partial charge in [0, 0.05) is 28.6 Å². The van der Waals surface area contributed by atoms with Crippen LogP contribution in [0.1, 0.15) is 36.5 Å². The molecule has 4 N–H and O–H groups in total. The second-order valence-electron chi connectivity index (χ2n) is 8.17. The maximum atomic E-state index is 15.5. The third kappa shape index (κ3) is 3.36. The minimum atomic E-state index is -0.588. The summed E-state index contributed by atoms with van der Waals surface area (Å²) in [6, 6.07) is 17.2. The highest BCUT2D eigenvalue weighted by Gasteiger charge is 2.25. The van der Waals surface area contributed by atoms with E-state index < -0.39 is 6.03 Å². The summed E-state index contributed by atoms with van der Waals surface area (Å²) in [6.45, 7) is 2.18. The average molecular weight is 413 g/mol. The molecule has 3 aromatic carbocycles. The number of carbonyl (C=O) groups excluding carboxylic acids is 1. The number of urea groups is 1. The average Bonchev–Trinajstić information content (AvgIpc) is 3.29. The Balaban J connectivity index is 1.51. The number of amides is 2. The number of hydrogen-bond donors (Lipinski definition) is 3. The third-order valence-electron chi connectivity index (χ3n) is 6.11. The number of anilines is 1. The van der Waals surface area contributed by atoms with Crippen molar-refractivity contribution in [2.45, 2.75) is 32.6 Å². The van der Waals surface area contributed by atoms with E-state index in [4.69, 9.17) is 5.73 Å². The number of aromatic amines is 1. The Morgan fingerprint density at radius 3 is 2.61 bits per heavy atom. The molecule has 0 aliphatic heterocycles. The molecule has 1 aromatic heterocycles. The first-order valence-corrected chi connectivity index (χ1v) is 10.7. The molecule has 1 aliphatic rings. The molecule has 31 heavy (non-hydrogen) atoms. The van der Waals surface area contributed by atoms with Crippen LogP contribution >= 0.6 is 0 Å². The van der Waals surface area contributed by atoms with E-state index in [2.05, 4.69) is 29.4 Å². The van der Waals surface area contributed by atoms with E-state index in [1.165, 1.54) is 5.56 Å². The van der Waals surface area contributed by atoms with Crippen molar-refractivity contribution in [3.05, 3.63) is 77.1 Å². The summed E-state index contributed by atoms with van der Waals surface area (Å²) in [6.07, 6.45) is 4.06. The van der Waals surface area contributed by atoms with E-state index in [0.29, 0.717) is 23.2 Å². The van der Waals surface area contributed by atoms with E-state index in [1.807, 2.05) is 42.5 Å². The monoisotopic (exact) mass is 413 g/mol. The van der Waals surface area contributed by atoms with E-state index in [-0.39, 0.29) is 5.82 Å². The number of hydrogen-bond acceptors (Lipinski definition) is 1. The Kier molecular flexibility index (Phi) is 4.74. The van der Waals surface area contributed by atoms with E-state index >= 15 is 4.39 Å². The molecule has 4 aromatic rings. The number of aromatic nitrogens is 1. The SMILES string of the molecule is CCCCc1ccc(-c2ccc3c4c([nH]c3c2F)-c2ccc(NC(N)=O)cc2C4)cc1. The quantitative estimate of drug-likeness (QED) is 0.307. The van der Waals surface area contributed by atoms with Crippen molar-refractivity contribution in [1.82, 2.24) is 4.98 Å². The maximum absolute atomic E-state index is 15.5. The largest absolute Gasteiger partial charge is 0.352 e. The number of fused-ring (bicyclic) bond motifs is 5. The number of unbranched alkanes of at least 4 members (excludes halogenated alkanes) is 1. The summed E-state index contributed by atoms with van der Waals surface area (Å²) in [7, 11) is 0. The van der Waals surface area contributed by atoms with Crippen molar-refractivity contribution in [2.24, 2.45) is 5.73 Å². The normalized spacial score (nSPS) is 12.1. The summed E-state index contributed by atoms with van der Waals surface area (Å²) in [5, 5.41) is 3.51. The molecule has 0 spiro atoms. The van der Waals surface area contributed by atoms with Crippen LogP contribution in [0.2, 0.25) is 0 Å². The van der Waals surface area contributed by atoms with Gasteiger partial charge in [-0.25, -0.2) is 9.18 Å². The van der Waals surface area contributed by atoms with Gasteiger partial charge in [-0.05, 0) is 47.2 Å². The highest BCUT2D eigenvalue weighted by atomic mass is 19.1. The number of H-pyrrole nitrogens is 1. The van der Waals surface area contributed by atoms with Gasteiger partial charge in [-0.3, -0.25) is 0 Å². The van der Waals surface area contributed by atoms with Crippen LogP contribution in [-0.2, 0) is 12.8 Å². The number of benzene rings is 3. The Hall–Kier alpha value is -3.60. The first-order chi connectivity index (χ1) is 15.0. The van der Waals surface area contributed by atoms with Crippen LogP contribution in [0.5, 0.6) is 0 Å². The van der Waals surface area contributed by atoms with Gasteiger partial charge < -0.3 is 16.0 Å². The van der Waals surface area contributed by atoms with E-state index in [0.717, 1.165) is 52.6 Å². The second kappa shape index (κ2) is 7.58. The number of primary amides is 1. The highest BCUT2D eigenvalue weighted by Crippen LogP contribution is 2.43. The van der Waals surface area contributed by atoms with Crippen molar-refractivity contribution in [3.8, 4) is 22.4 Å². The summed E-state index contributed by atoms with van der Waals surface area (Å²) in [5.41, 5.74) is 13.3. The van der Waals surface area contributed by atoms with Crippen LogP contribution in [0.4, 0.5) is 14.9 Å². The number of nitrogens with one attached hydrogen (secondary N) is 2. The van der Waals surface area contributed by atoms with Crippen LogP contribution < -0.4 is 11.1 Å². The fourth-order valence-corrected chi connectivity index (χ4v) is 4.55. The predicted molar refractivity (Wildman–Crippen MR) is 124 cm³/mol. The van der Waals surface area contributed by atoms with Gasteiger partial charge in [0.05, 0.1) is 11.2 Å². The lowest BCUT2D eigenvalue weighted by atomic mass is 9.99. The zero-order valence-electron chi connectivity index (χ0n) is 17.4. The van der Waals surface area contributed by atoms with Crippen molar-refractivity contribution < 1.29 is 9.18 Å². The third-order valence-corrected chi connectivity index (χ3v) is 6.11. The Morgan fingerprint density at radius 1 is 1.10 bits per heavy atom. The molecule has 156 valence electrons. The molecule has 0 saturated carbocycles. The molecule has 5 rings (SSSR count). The van der Waals surface area contributed by atoms with E-state index in [1.54, 1.807) is 0 Å². The number of aryl methyl sites for hydroxylation is 1. The van der Waals surface area contributed by atoms with Crippen LogP contribution in [0.3, 0.4) is 0 Å². The molecule has 0 fully saturated rings. The van der Waals surface area contributed by atoms with Gasteiger partial charge in [0.1, 0.15) is 0 Å². The molecule has 1 aliphatic carbocycles. The van der Waals surface area contributed by atoms with Crippen LogP contribution in [0.15, 0.2) is 54.6 Å². The molecular formula is C26H24FN3O. The van der Waals surface area contributed by atoms with Gasteiger partial charge in [-0.2, -0.15) is 0 Å². The molecular weight excluding hydrogens is 389 g/mol. The van der Waals surface area contributed by atoms with Crippen molar-refractivity contribution >= 4 is 22.6 Å². The van der Waals surface area contributed by atoms with Crippen molar-refractivity contribution in [1.29, 1.82) is 0 Å². The lowest BCUT2D eigenvalue weighted by Gasteiger charge is -2.08. The summed E-state index contributed by atoms with van der Waals surface area (Å²) in [5.74, 6) is -0.221.